The number of halogens is 1. The Morgan fingerprint density at radius 1 is 1.03 bits per heavy atom. The first-order valence-corrected chi connectivity index (χ1v) is 12.9. The van der Waals surface area contributed by atoms with Crippen molar-refractivity contribution in [3.8, 4) is 0 Å². The summed E-state index contributed by atoms with van der Waals surface area (Å²) in [5, 5.41) is 0. The third-order valence-corrected chi connectivity index (χ3v) is 11.0. The highest BCUT2D eigenvalue weighted by Crippen LogP contribution is 2.67. The van der Waals surface area contributed by atoms with Gasteiger partial charge in [-0.25, -0.2) is 0 Å². The number of alkyl halides is 1. The number of esters is 2. The van der Waals surface area contributed by atoms with E-state index in [9.17, 15) is 19.2 Å². The molecule has 32 heavy (non-hydrogen) atoms. The number of rotatable bonds is 4. The largest absolute Gasteiger partial charge is 0.463 e. The molecule has 0 N–H and O–H groups in total. The van der Waals surface area contributed by atoms with E-state index in [1.807, 2.05) is 0 Å². The fourth-order valence-electron chi connectivity index (χ4n) is 8.11. The van der Waals surface area contributed by atoms with Crippen LogP contribution in [0.2, 0.25) is 0 Å². The molecule has 0 heterocycles. The number of Topliss-reactive ketones (excluding diaryl/α,β-unsaturated/α-hetero) is 2. The van der Waals surface area contributed by atoms with Gasteiger partial charge in [-0.3, -0.25) is 19.2 Å². The van der Waals surface area contributed by atoms with E-state index in [-0.39, 0.29) is 58.2 Å². The van der Waals surface area contributed by atoms with Gasteiger partial charge in [0.25, 0.3) is 0 Å². The summed E-state index contributed by atoms with van der Waals surface area (Å²) in [6.45, 7) is 6.94. The van der Waals surface area contributed by atoms with Crippen LogP contribution < -0.4 is 0 Å². The third kappa shape index (κ3) is 3.67. The molecule has 178 valence electrons. The molecule has 0 radical (unpaired) electrons. The van der Waals surface area contributed by atoms with Crippen molar-refractivity contribution in [3.63, 3.8) is 0 Å². The highest BCUT2D eigenvalue weighted by Gasteiger charge is 2.67. The molecule has 6 nitrogen and oxygen atoms in total. The lowest BCUT2D eigenvalue weighted by atomic mass is 9.44. The van der Waals surface area contributed by atoms with E-state index in [1.165, 1.54) is 13.8 Å². The molecule has 4 fully saturated rings. The van der Waals surface area contributed by atoms with E-state index < -0.39 is 11.4 Å². The maximum atomic E-state index is 13.9. The van der Waals surface area contributed by atoms with Gasteiger partial charge in [-0.1, -0.05) is 29.8 Å². The van der Waals surface area contributed by atoms with Crippen LogP contribution in [0.5, 0.6) is 0 Å². The van der Waals surface area contributed by atoms with Gasteiger partial charge >= 0.3 is 11.9 Å². The predicted molar refractivity (Wildman–Crippen MR) is 121 cm³/mol. The molecule has 0 aromatic carbocycles. The molecule has 7 heteroatoms. The lowest BCUT2D eigenvalue weighted by molar-refractivity contribution is -0.169. The van der Waals surface area contributed by atoms with Crippen molar-refractivity contribution in [2.75, 3.05) is 6.61 Å². The van der Waals surface area contributed by atoms with Crippen LogP contribution in [0.15, 0.2) is 0 Å². The van der Waals surface area contributed by atoms with E-state index in [0.717, 1.165) is 44.9 Å². The van der Waals surface area contributed by atoms with E-state index in [2.05, 4.69) is 29.8 Å². The van der Waals surface area contributed by atoms with Crippen molar-refractivity contribution in [1.82, 2.24) is 0 Å². The van der Waals surface area contributed by atoms with E-state index in [0.29, 0.717) is 11.8 Å². The van der Waals surface area contributed by atoms with Crippen molar-refractivity contribution in [2.24, 2.45) is 40.4 Å². The maximum absolute atomic E-state index is 13.9. The maximum Gasteiger partial charge on any atom is 0.303 e. The molecule has 0 amide bonds. The van der Waals surface area contributed by atoms with Gasteiger partial charge in [0.2, 0.25) is 0 Å². The Hall–Kier alpha value is -1.24. The van der Waals surface area contributed by atoms with Crippen LogP contribution in [-0.4, -0.2) is 41.0 Å². The fraction of sp³-hybridized carbons (Fsp3) is 0.840. The number of hydrogen-bond donors (Lipinski definition) is 0. The molecular weight excluding hydrogens is 476 g/mol. The molecule has 7 unspecified atom stereocenters. The summed E-state index contributed by atoms with van der Waals surface area (Å²) < 4.78 is 10.5. The van der Waals surface area contributed by atoms with Crippen LogP contribution in [0.4, 0.5) is 0 Å². The van der Waals surface area contributed by atoms with Crippen molar-refractivity contribution in [2.45, 2.75) is 83.6 Å². The first kappa shape index (κ1) is 23.9. The van der Waals surface area contributed by atoms with E-state index in [1.54, 1.807) is 0 Å². The molecule has 4 aliphatic rings. The molecule has 4 rings (SSSR count). The van der Waals surface area contributed by atoms with Gasteiger partial charge in [0.05, 0.1) is 4.83 Å². The summed E-state index contributed by atoms with van der Waals surface area (Å²) >= 11 is 3.77. The molecule has 4 saturated carbocycles. The van der Waals surface area contributed by atoms with Gasteiger partial charge in [0.15, 0.2) is 11.6 Å². The smallest absolute Gasteiger partial charge is 0.303 e. The van der Waals surface area contributed by atoms with Crippen molar-refractivity contribution >= 4 is 39.4 Å². The molecule has 4 aliphatic carbocycles. The minimum atomic E-state index is -0.455. The summed E-state index contributed by atoms with van der Waals surface area (Å²) in [6.07, 6.45) is 6.19. The van der Waals surface area contributed by atoms with Gasteiger partial charge in [-0.15, -0.1) is 0 Å². The highest BCUT2D eigenvalue weighted by atomic mass is 79.9. The molecule has 9 atom stereocenters. The predicted octanol–water partition coefficient (Wildman–Crippen LogP) is 4.26. The zero-order valence-electron chi connectivity index (χ0n) is 19.5. The minimum Gasteiger partial charge on any atom is -0.463 e. The molecule has 0 aromatic heterocycles. The second-order valence-electron chi connectivity index (χ2n) is 11.0. The van der Waals surface area contributed by atoms with Crippen LogP contribution in [-0.2, 0) is 28.7 Å². The number of carbonyl (C=O) groups excluding carboxylic acids is 4. The van der Waals surface area contributed by atoms with E-state index in [4.69, 9.17) is 9.47 Å². The SMILES string of the molecule is CC(=O)OCC(=O)C1CCC2C3CCC4C[C@H](OC(C)=O)CCC4(C)C3C(=O)[C@H](Br)C12C. The topological polar surface area (TPSA) is 86.7 Å². The number of ether oxygens (including phenoxy) is 2. The van der Waals surface area contributed by atoms with Gasteiger partial charge in [0.1, 0.15) is 12.7 Å². The monoisotopic (exact) mass is 510 g/mol. The first-order valence-electron chi connectivity index (χ1n) is 12.0. The van der Waals surface area contributed by atoms with Crippen LogP contribution >= 0.6 is 15.9 Å². The second kappa shape index (κ2) is 8.52. The number of fused-ring (bicyclic) bond motifs is 5. The lowest BCUT2D eigenvalue weighted by Crippen LogP contribution is -2.62. The van der Waals surface area contributed by atoms with Gasteiger partial charge in [0, 0.05) is 25.7 Å². The highest BCUT2D eigenvalue weighted by molar-refractivity contribution is 9.10. The fourth-order valence-corrected chi connectivity index (χ4v) is 9.05. The summed E-state index contributed by atoms with van der Waals surface area (Å²) in [5.74, 6) is 0.135. The zero-order valence-corrected chi connectivity index (χ0v) is 21.1. The van der Waals surface area contributed by atoms with E-state index >= 15 is 0 Å². The third-order valence-electron chi connectivity index (χ3n) is 9.55. The lowest BCUT2D eigenvalue weighted by Gasteiger charge is -2.61. The Balaban J connectivity index is 1.58. The van der Waals surface area contributed by atoms with Crippen LogP contribution in [0.1, 0.15) is 72.6 Å². The molecular formula is C25H35BrO6. The molecule has 0 bridgehead atoms. The summed E-state index contributed by atoms with van der Waals surface area (Å²) in [6, 6.07) is 0. The summed E-state index contributed by atoms with van der Waals surface area (Å²) in [5.41, 5.74) is -0.544. The first-order chi connectivity index (χ1) is 15.0. The average molecular weight is 511 g/mol. The quantitative estimate of drug-likeness (QED) is 0.414. The van der Waals surface area contributed by atoms with Gasteiger partial charge in [-0.2, -0.15) is 0 Å². The molecule has 0 spiro atoms. The van der Waals surface area contributed by atoms with Crippen molar-refractivity contribution in [1.29, 1.82) is 0 Å². The Bertz CT molecular complexity index is 825. The average Bonchev–Trinajstić information content (AvgIpc) is 3.08. The standard InChI is InChI=1S/C25H35BrO6/c1-13(27)31-12-20(29)19-8-7-18-17-6-5-15-11-16(32-14(2)28)9-10-24(15,3)21(17)22(30)23(26)25(18,19)4/h15-19,21,23H,5-12H2,1-4H3/t15?,16-,17?,18?,19?,21?,23+,24?,25?/m1/s1. The molecule has 0 aromatic rings. The van der Waals surface area contributed by atoms with Gasteiger partial charge < -0.3 is 9.47 Å². The number of hydrogen-bond acceptors (Lipinski definition) is 6. The normalized spacial score (nSPS) is 45.3. The molecule has 0 aliphatic heterocycles. The Morgan fingerprint density at radius 3 is 2.41 bits per heavy atom. The Morgan fingerprint density at radius 2 is 1.75 bits per heavy atom. The molecule has 0 saturated heterocycles. The van der Waals surface area contributed by atoms with Crippen LogP contribution in [0.3, 0.4) is 0 Å². The summed E-state index contributed by atoms with van der Waals surface area (Å²) in [4.78, 5) is 49.2. The Labute approximate surface area is 198 Å². The zero-order chi connectivity index (χ0) is 23.4. The van der Waals surface area contributed by atoms with Crippen molar-refractivity contribution in [3.05, 3.63) is 0 Å². The second-order valence-corrected chi connectivity index (χ2v) is 12.0. The minimum absolute atomic E-state index is 0.0238. The van der Waals surface area contributed by atoms with Crippen molar-refractivity contribution < 1.29 is 28.7 Å². The van der Waals surface area contributed by atoms with Gasteiger partial charge in [-0.05, 0) is 73.5 Å². The van der Waals surface area contributed by atoms with Crippen LogP contribution in [0.25, 0.3) is 0 Å². The Kier molecular flexibility index (Phi) is 6.36. The number of ketones is 2. The number of carbonyl (C=O) groups is 4. The van der Waals surface area contributed by atoms with Crippen LogP contribution in [0, 0.1) is 40.4 Å². The summed E-state index contributed by atoms with van der Waals surface area (Å²) in [7, 11) is 0.